The van der Waals surface area contributed by atoms with Gasteiger partial charge < -0.3 is 0 Å². The van der Waals surface area contributed by atoms with E-state index in [1.165, 1.54) is 154 Å². The molecule has 1 fully saturated rings. The van der Waals surface area contributed by atoms with Crippen molar-refractivity contribution in [3.05, 3.63) is 0 Å². The Kier molecular flexibility index (Phi) is 25.0. The van der Waals surface area contributed by atoms with Gasteiger partial charge in [-0.2, -0.15) is 0 Å². The summed E-state index contributed by atoms with van der Waals surface area (Å²) in [6, 6.07) is 0. The summed E-state index contributed by atoms with van der Waals surface area (Å²) in [6.45, 7) is 4.59. The highest BCUT2D eigenvalue weighted by atomic mass is 14.0. The quantitative estimate of drug-likeness (QED) is 0.224. The average molecular weight is 367 g/mol. The Morgan fingerprint density at radius 2 is 0.423 bits per heavy atom. The summed E-state index contributed by atoms with van der Waals surface area (Å²) in [5.41, 5.74) is 0. The van der Waals surface area contributed by atoms with E-state index in [2.05, 4.69) is 13.8 Å². The Bertz CT molecular complexity index is 187. The fraction of sp³-hybridized carbons (Fsp3) is 1.00. The first kappa shape index (κ1) is 26.0. The lowest BCUT2D eigenvalue weighted by molar-refractivity contribution is 0.504. The predicted molar refractivity (Wildman–Crippen MR) is 122 cm³/mol. The lowest BCUT2D eigenvalue weighted by Gasteiger charge is -2.05. The molecule has 0 saturated heterocycles. The van der Waals surface area contributed by atoms with E-state index in [-0.39, 0.29) is 0 Å². The second-order valence-corrected chi connectivity index (χ2v) is 8.78. The van der Waals surface area contributed by atoms with Crippen LogP contribution in [0.1, 0.15) is 168 Å². The average Bonchev–Trinajstić information content (AvgIpc) is 2.69. The van der Waals surface area contributed by atoms with Crippen LogP contribution in [0.3, 0.4) is 0 Å². The molecule has 0 radical (unpaired) electrons. The maximum Gasteiger partial charge on any atom is -0.0533 e. The molecule has 0 bridgehead atoms. The van der Waals surface area contributed by atoms with Crippen LogP contribution < -0.4 is 0 Å². The van der Waals surface area contributed by atoms with Crippen molar-refractivity contribution < 1.29 is 0 Å². The molecule has 0 heterocycles. The summed E-state index contributed by atoms with van der Waals surface area (Å²) in [6.07, 6.45) is 35.4. The summed E-state index contributed by atoms with van der Waals surface area (Å²) in [4.78, 5) is 0. The number of hydrogen-bond acceptors (Lipinski definition) is 0. The number of rotatable bonds is 17. The lowest BCUT2D eigenvalue weighted by Crippen LogP contribution is -1.85. The Hall–Kier alpha value is 0. The van der Waals surface area contributed by atoms with E-state index >= 15 is 0 Å². The molecule has 0 unspecified atom stereocenters. The van der Waals surface area contributed by atoms with Crippen LogP contribution in [0.2, 0.25) is 0 Å². The second kappa shape index (κ2) is 25.0. The van der Waals surface area contributed by atoms with Gasteiger partial charge in [0.15, 0.2) is 0 Å². The van der Waals surface area contributed by atoms with Crippen LogP contribution in [-0.4, -0.2) is 0 Å². The van der Waals surface area contributed by atoms with Crippen LogP contribution in [0.5, 0.6) is 0 Å². The van der Waals surface area contributed by atoms with Gasteiger partial charge in [-0.3, -0.25) is 0 Å². The topological polar surface area (TPSA) is 0 Å². The van der Waals surface area contributed by atoms with E-state index in [4.69, 9.17) is 0 Å². The molecule has 1 aliphatic rings. The van der Waals surface area contributed by atoms with Gasteiger partial charge >= 0.3 is 0 Å². The molecule has 0 aromatic rings. The first-order chi connectivity index (χ1) is 12.9. The molecule has 1 rings (SSSR count). The van der Waals surface area contributed by atoms with Crippen molar-refractivity contribution in [2.75, 3.05) is 0 Å². The van der Waals surface area contributed by atoms with Gasteiger partial charge in [0, 0.05) is 0 Å². The largest absolute Gasteiger partial charge is 0.0654 e. The molecule has 0 amide bonds. The molecular formula is C26H54. The van der Waals surface area contributed by atoms with Crippen molar-refractivity contribution in [1.82, 2.24) is 0 Å². The summed E-state index contributed by atoms with van der Waals surface area (Å²) in [5, 5.41) is 0. The van der Waals surface area contributed by atoms with Gasteiger partial charge in [-0.05, 0) is 0 Å². The molecule has 1 aliphatic carbocycles. The van der Waals surface area contributed by atoms with Gasteiger partial charge in [0.2, 0.25) is 0 Å². The molecule has 0 aromatic carbocycles. The molecule has 0 spiro atoms. The Labute approximate surface area is 168 Å². The second-order valence-electron chi connectivity index (χ2n) is 8.78. The third kappa shape index (κ3) is 24.0. The zero-order chi connectivity index (χ0) is 19.0. The van der Waals surface area contributed by atoms with Crippen LogP contribution in [0.25, 0.3) is 0 Å². The minimum absolute atomic E-state index is 1.37. The smallest absolute Gasteiger partial charge is 0.0533 e. The maximum absolute atomic E-state index is 2.30. The minimum atomic E-state index is 1.37. The molecule has 0 nitrogen and oxygen atoms in total. The van der Waals surface area contributed by atoms with Crippen LogP contribution in [-0.2, 0) is 0 Å². The summed E-state index contributed by atoms with van der Waals surface area (Å²) < 4.78 is 0. The van der Waals surface area contributed by atoms with Gasteiger partial charge in [0.05, 0.1) is 0 Å². The standard InChI is InChI=1S/C20H42.C6H12/c1-3-5-7-9-11-13-15-17-19-20-18-16-14-12-10-8-6-4-2;1-2-4-6-5-3-1/h3-20H2,1-2H3;1-6H2. The Balaban J connectivity index is 0.000000867. The van der Waals surface area contributed by atoms with Crippen LogP contribution in [0.4, 0.5) is 0 Å². The molecular weight excluding hydrogens is 312 g/mol. The fourth-order valence-corrected chi connectivity index (χ4v) is 4.04. The molecule has 0 atom stereocenters. The van der Waals surface area contributed by atoms with Crippen molar-refractivity contribution in [1.29, 1.82) is 0 Å². The molecule has 0 aromatic heterocycles. The van der Waals surface area contributed by atoms with Crippen molar-refractivity contribution in [3.63, 3.8) is 0 Å². The highest BCUT2D eigenvalue weighted by Crippen LogP contribution is 2.15. The van der Waals surface area contributed by atoms with Gasteiger partial charge in [0.1, 0.15) is 0 Å². The van der Waals surface area contributed by atoms with Crippen molar-refractivity contribution in [3.8, 4) is 0 Å². The van der Waals surface area contributed by atoms with E-state index in [0.29, 0.717) is 0 Å². The Morgan fingerprint density at radius 1 is 0.269 bits per heavy atom. The summed E-state index contributed by atoms with van der Waals surface area (Å²) in [7, 11) is 0. The number of hydrogen-bond donors (Lipinski definition) is 0. The van der Waals surface area contributed by atoms with E-state index in [0.717, 1.165) is 0 Å². The first-order valence-corrected chi connectivity index (χ1v) is 12.9. The normalized spacial score (nSPS) is 14.1. The highest BCUT2D eigenvalue weighted by Gasteiger charge is 1.96. The Morgan fingerprint density at radius 3 is 0.577 bits per heavy atom. The van der Waals surface area contributed by atoms with Gasteiger partial charge in [-0.15, -0.1) is 0 Å². The first-order valence-electron chi connectivity index (χ1n) is 12.9. The van der Waals surface area contributed by atoms with Gasteiger partial charge in [0.25, 0.3) is 0 Å². The lowest BCUT2D eigenvalue weighted by atomic mass is 10.0. The minimum Gasteiger partial charge on any atom is -0.0654 e. The van der Waals surface area contributed by atoms with E-state index in [9.17, 15) is 0 Å². The van der Waals surface area contributed by atoms with E-state index in [1.54, 1.807) is 0 Å². The molecule has 1 saturated carbocycles. The zero-order valence-corrected chi connectivity index (χ0v) is 19.0. The van der Waals surface area contributed by atoms with Crippen molar-refractivity contribution in [2.45, 2.75) is 168 Å². The van der Waals surface area contributed by atoms with Crippen LogP contribution >= 0.6 is 0 Å². The molecule has 26 heavy (non-hydrogen) atoms. The van der Waals surface area contributed by atoms with Crippen LogP contribution in [0, 0.1) is 0 Å². The fourth-order valence-electron chi connectivity index (χ4n) is 4.04. The summed E-state index contributed by atoms with van der Waals surface area (Å²) >= 11 is 0. The number of unbranched alkanes of at least 4 members (excludes halogenated alkanes) is 17. The maximum atomic E-state index is 2.30. The molecule has 0 aliphatic heterocycles. The molecule has 0 heteroatoms. The third-order valence-electron chi connectivity index (χ3n) is 5.96. The SMILES string of the molecule is C1CCCCC1.CCCCCCCCCCCCCCCCCCCC. The third-order valence-corrected chi connectivity index (χ3v) is 5.96. The molecule has 0 N–H and O–H groups in total. The highest BCUT2D eigenvalue weighted by molar-refractivity contribution is 4.51. The summed E-state index contributed by atoms with van der Waals surface area (Å²) in [5.74, 6) is 0. The van der Waals surface area contributed by atoms with E-state index < -0.39 is 0 Å². The zero-order valence-electron chi connectivity index (χ0n) is 19.0. The van der Waals surface area contributed by atoms with Crippen molar-refractivity contribution >= 4 is 0 Å². The predicted octanol–water partition coefficient (Wildman–Crippen LogP) is 10.4. The van der Waals surface area contributed by atoms with Gasteiger partial charge in [-0.25, -0.2) is 0 Å². The van der Waals surface area contributed by atoms with E-state index in [1.807, 2.05) is 0 Å². The van der Waals surface area contributed by atoms with Crippen LogP contribution in [0.15, 0.2) is 0 Å². The van der Waals surface area contributed by atoms with Gasteiger partial charge in [-0.1, -0.05) is 168 Å². The monoisotopic (exact) mass is 366 g/mol. The van der Waals surface area contributed by atoms with Crippen molar-refractivity contribution in [2.24, 2.45) is 0 Å². The molecule has 158 valence electrons.